The van der Waals surface area contributed by atoms with Crippen molar-refractivity contribution >= 4 is 81.6 Å². The highest BCUT2D eigenvalue weighted by molar-refractivity contribution is 7.85. The fourth-order valence-electron chi connectivity index (χ4n) is 7.30. The van der Waals surface area contributed by atoms with Crippen LogP contribution in [0.2, 0.25) is 0 Å². The molecule has 1 heterocycles. The first-order valence-electron chi connectivity index (χ1n) is 21.0. The van der Waals surface area contributed by atoms with E-state index in [1.807, 2.05) is 0 Å². The zero-order valence-corrected chi connectivity index (χ0v) is 37.2. The van der Waals surface area contributed by atoms with Crippen LogP contribution in [0.15, 0.2) is 18.2 Å². The van der Waals surface area contributed by atoms with Crippen molar-refractivity contribution in [3.63, 3.8) is 0 Å². The summed E-state index contributed by atoms with van der Waals surface area (Å²) in [4.78, 5) is 144. The Hall–Kier alpha value is -6.86. The molecule has 25 nitrogen and oxygen atoms in total. The first-order chi connectivity index (χ1) is 30.9. The third-order valence-electron chi connectivity index (χ3n) is 10.7. The molecule has 26 heteroatoms. The Bertz CT molecular complexity index is 2060. The lowest BCUT2D eigenvalue weighted by Gasteiger charge is -2.38. The molecule has 6 atom stereocenters. The zero-order valence-electron chi connectivity index (χ0n) is 36.3. The lowest BCUT2D eigenvalue weighted by molar-refractivity contribution is -0.155. The number of rotatable bonds is 11. The molecule has 1 aliphatic carbocycles. The molecular weight excluding hydrogens is 893 g/mol. The predicted octanol–water partition coefficient (Wildman–Crippen LogP) is -4.39. The van der Waals surface area contributed by atoms with E-state index in [0.717, 1.165) is 0 Å². The molecule has 1 aliphatic heterocycles. The molecule has 0 radical (unpaired) electrons. The molecule has 3 rings (SSSR count). The van der Waals surface area contributed by atoms with E-state index in [9.17, 15) is 72.3 Å². The quantitative estimate of drug-likeness (QED) is 0.0566. The van der Waals surface area contributed by atoms with Gasteiger partial charge in [-0.2, -0.15) is 0 Å². The van der Waals surface area contributed by atoms with Crippen molar-refractivity contribution in [2.75, 3.05) is 23.8 Å². The number of nitrogen functional groups attached to an aromatic ring is 1. The molecule has 1 spiro atoms. The third kappa shape index (κ3) is 16.3. The fraction of sp³-hybridized carbons (Fsp3) is 0.575. The number of aromatic hydroxyl groups is 1. The average molecular weight is 951 g/mol. The summed E-state index contributed by atoms with van der Waals surface area (Å²) >= 11 is 0. The van der Waals surface area contributed by atoms with Gasteiger partial charge in [0.15, 0.2) is 5.92 Å². The molecular formula is C40H58N10O15S. The number of phenolic OH excluding ortho intramolecular Hbond substituents is 1. The van der Waals surface area contributed by atoms with Crippen molar-refractivity contribution in [3.8, 4) is 5.75 Å². The van der Waals surface area contributed by atoms with Gasteiger partial charge in [-0.15, -0.1) is 0 Å². The van der Waals surface area contributed by atoms with Crippen LogP contribution in [0.25, 0.3) is 0 Å². The minimum Gasteiger partial charge on any atom is -0.506 e. The normalized spacial score (nSPS) is 24.5. The highest BCUT2D eigenvalue weighted by Crippen LogP contribution is 2.29. The lowest BCUT2D eigenvalue weighted by atomic mass is 9.80. The molecule has 2 aliphatic rings. The second-order valence-electron chi connectivity index (χ2n) is 16.6. The smallest absolute Gasteiger partial charge is 0.317 e. The average Bonchev–Trinajstić information content (AvgIpc) is 3.21. The number of aliphatic carboxylic acids is 2. The van der Waals surface area contributed by atoms with Crippen molar-refractivity contribution in [3.05, 3.63) is 23.8 Å². The van der Waals surface area contributed by atoms with Crippen LogP contribution < -0.4 is 54.4 Å². The number of hydrogen-bond acceptors (Lipinski definition) is 14. The van der Waals surface area contributed by atoms with E-state index in [-0.39, 0.29) is 43.0 Å². The highest BCUT2D eigenvalue weighted by Gasteiger charge is 2.44. The Balaban J connectivity index is 2.16. The van der Waals surface area contributed by atoms with Gasteiger partial charge in [0.2, 0.25) is 53.2 Å². The molecule has 16 N–H and O–H groups in total. The fourth-order valence-corrected chi connectivity index (χ4v) is 8.42. The van der Waals surface area contributed by atoms with Crippen LogP contribution in [-0.2, 0) is 70.0 Å². The molecule has 9 amide bonds. The van der Waals surface area contributed by atoms with Gasteiger partial charge < -0.3 is 69.7 Å². The van der Waals surface area contributed by atoms with Crippen LogP contribution in [0, 0.1) is 11.8 Å². The highest BCUT2D eigenvalue weighted by atomic mass is 32.2. The van der Waals surface area contributed by atoms with Gasteiger partial charge in [-0.1, -0.05) is 39.2 Å². The Kier molecular flexibility index (Phi) is 19.8. The number of nitrogens with two attached hydrogens (primary N) is 3. The summed E-state index contributed by atoms with van der Waals surface area (Å²) in [7, 11) is -2.33. The van der Waals surface area contributed by atoms with Crippen LogP contribution in [0.1, 0.15) is 77.2 Å². The van der Waals surface area contributed by atoms with E-state index in [1.165, 1.54) is 18.2 Å². The second kappa shape index (κ2) is 24.4. The monoisotopic (exact) mass is 950 g/mol. The summed E-state index contributed by atoms with van der Waals surface area (Å²) in [6.45, 7) is 2.89. The number of hydrogen-bond donors (Lipinski definition) is 13. The Morgan fingerprint density at radius 3 is 1.94 bits per heavy atom. The second-order valence-corrected chi connectivity index (χ2v) is 18.1. The summed E-state index contributed by atoms with van der Waals surface area (Å²) in [6, 6.07) is -4.41. The maximum atomic E-state index is 14.5. The SMILES string of the molecule is CC(C)C[C@@H]1NC(=O)[C@H](CC(C(=O)O)C(=O)O)NC(=O)C[S@](=O)C[C@H](C(N)=O)NC(=O)CCNC(=O)[C@H](CC(N)=O)NC(=O)C2(CCCCC2)NC(=O)[C@H](Cc2ccc(O)c(N)c2)NC1=O. The van der Waals surface area contributed by atoms with Crippen LogP contribution in [0.4, 0.5) is 5.69 Å². The summed E-state index contributed by atoms with van der Waals surface area (Å²) in [5, 5.41) is 46.3. The largest absolute Gasteiger partial charge is 0.506 e. The molecule has 1 saturated heterocycles. The number of anilines is 1. The van der Waals surface area contributed by atoms with Crippen LogP contribution in [0.5, 0.6) is 5.75 Å². The first kappa shape index (κ1) is 53.5. The zero-order chi connectivity index (χ0) is 49.5. The number of amides is 9. The van der Waals surface area contributed by atoms with Crippen molar-refractivity contribution in [2.45, 2.75) is 114 Å². The van der Waals surface area contributed by atoms with Gasteiger partial charge in [-0.25, -0.2) is 0 Å². The number of primary amides is 2. The lowest BCUT2D eigenvalue weighted by Crippen LogP contribution is -2.66. The topological polar surface area (TPSA) is 428 Å². The Morgan fingerprint density at radius 2 is 1.38 bits per heavy atom. The summed E-state index contributed by atoms with van der Waals surface area (Å²) in [5.41, 5.74) is 15.2. The van der Waals surface area contributed by atoms with Crippen LogP contribution in [-0.4, -0.2) is 138 Å². The number of benzene rings is 1. The van der Waals surface area contributed by atoms with Gasteiger partial charge in [0, 0.05) is 36.6 Å². The van der Waals surface area contributed by atoms with E-state index >= 15 is 0 Å². The van der Waals surface area contributed by atoms with Gasteiger partial charge in [0.05, 0.1) is 17.9 Å². The van der Waals surface area contributed by atoms with Gasteiger partial charge in [0.25, 0.3) is 0 Å². The molecule has 0 aromatic heterocycles. The number of nitrogens with one attached hydrogen (secondary N) is 7. The third-order valence-corrected chi connectivity index (χ3v) is 12.0. The van der Waals surface area contributed by atoms with E-state index < -0.39 is 155 Å². The predicted molar refractivity (Wildman–Crippen MR) is 231 cm³/mol. The molecule has 1 saturated carbocycles. The van der Waals surface area contributed by atoms with Gasteiger partial charge in [0.1, 0.15) is 47.3 Å². The van der Waals surface area contributed by atoms with Crippen molar-refractivity contribution in [1.29, 1.82) is 0 Å². The number of carbonyl (C=O) groups is 11. The minimum atomic E-state index is -2.33. The van der Waals surface area contributed by atoms with E-state index in [4.69, 9.17) is 17.2 Å². The van der Waals surface area contributed by atoms with E-state index in [2.05, 4.69) is 37.2 Å². The number of phenols is 1. The van der Waals surface area contributed by atoms with Crippen molar-refractivity contribution in [2.24, 2.45) is 23.3 Å². The van der Waals surface area contributed by atoms with E-state index in [0.29, 0.717) is 24.8 Å². The van der Waals surface area contributed by atoms with Crippen molar-refractivity contribution < 1.29 is 72.3 Å². The summed E-state index contributed by atoms with van der Waals surface area (Å²) < 4.78 is 13.1. The maximum absolute atomic E-state index is 14.5. The molecule has 364 valence electrons. The summed E-state index contributed by atoms with van der Waals surface area (Å²) in [6.07, 6.45) is -1.26. The molecule has 0 unspecified atom stereocenters. The molecule has 0 bridgehead atoms. The Labute approximate surface area is 380 Å². The number of carboxylic acids is 2. The van der Waals surface area contributed by atoms with Gasteiger partial charge in [-0.05, 0) is 42.9 Å². The van der Waals surface area contributed by atoms with Crippen LogP contribution in [0.3, 0.4) is 0 Å². The molecule has 2 fully saturated rings. The van der Waals surface area contributed by atoms with Gasteiger partial charge >= 0.3 is 11.9 Å². The standard InChI is InChI=1S/C40H58N10O15S/c1-19(2)12-23-34(57)48-24(14-20-6-7-28(51)22(41)13-20)36(59)50-40(9-4-3-5-10-40)39(64)49-26(16-29(42)52)33(56)44-11-8-30(53)46-27(32(43)55)17-66(65)18-31(54)45-25(35(58)47-23)15-21(37(60)61)38(62)63/h6-7,13,19,21,23-27,51H,3-5,8-12,14-18,41H2,1-2H3,(H2,42,52)(H2,43,55)(H,44,56)(H,45,54)(H,46,53)(H,47,58)(H,48,57)(H,49,64)(H,50,59)(H,60,61)(H,62,63)/t23-,24-,25-,26-,27+,66+/m0/s1. The minimum absolute atomic E-state index is 0.0289. The molecule has 66 heavy (non-hydrogen) atoms. The Morgan fingerprint density at radius 1 is 0.773 bits per heavy atom. The number of carboxylic acid groups (broad SMARTS) is 2. The molecule has 1 aromatic rings. The maximum Gasteiger partial charge on any atom is 0.317 e. The van der Waals surface area contributed by atoms with E-state index in [1.54, 1.807) is 13.8 Å². The van der Waals surface area contributed by atoms with Gasteiger partial charge in [-0.3, -0.25) is 56.9 Å². The summed E-state index contributed by atoms with van der Waals surface area (Å²) in [5.74, 6) is -17.8. The van der Waals surface area contributed by atoms with Crippen LogP contribution >= 0.6 is 0 Å². The molecule has 1 aromatic carbocycles. The van der Waals surface area contributed by atoms with Crippen molar-refractivity contribution in [1.82, 2.24) is 37.2 Å². The first-order valence-corrected chi connectivity index (χ1v) is 22.5. The number of carbonyl (C=O) groups excluding carboxylic acids is 9.